The summed E-state index contributed by atoms with van der Waals surface area (Å²) in [5.41, 5.74) is 2.08. The van der Waals surface area contributed by atoms with Crippen LogP contribution in [0, 0.1) is 0 Å². The molecule has 0 saturated carbocycles. The average molecular weight is 640 g/mol. The first-order chi connectivity index (χ1) is 20.6. The van der Waals surface area contributed by atoms with Gasteiger partial charge in [0.1, 0.15) is 12.3 Å². The Hall–Kier alpha value is -3.35. The molecule has 4 aromatic rings. The van der Waals surface area contributed by atoms with Crippen LogP contribution in [0.15, 0.2) is 29.3 Å². The van der Waals surface area contributed by atoms with Crippen molar-refractivity contribution in [1.82, 2.24) is 28.8 Å². The van der Waals surface area contributed by atoms with E-state index in [-0.39, 0.29) is 30.5 Å². The number of hydrogen-bond acceptors (Lipinski definition) is 7. The van der Waals surface area contributed by atoms with E-state index in [2.05, 4.69) is 29.6 Å². The summed E-state index contributed by atoms with van der Waals surface area (Å²) >= 11 is 6.95. The molecule has 3 aliphatic heterocycles. The van der Waals surface area contributed by atoms with Crippen molar-refractivity contribution in [3.05, 3.63) is 39.9 Å². The highest BCUT2D eigenvalue weighted by Crippen LogP contribution is 2.39. The van der Waals surface area contributed by atoms with E-state index < -0.39 is 13.7 Å². The monoisotopic (exact) mass is 639 g/mol. The van der Waals surface area contributed by atoms with E-state index in [0.717, 1.165) is 28.9 Å². The number of aromatic nitrogens is 5. The maximum absolute atomic E-state index is 14.2. The van der Waals surface area contributed by atoms with Gasteiger partial charge >= 0.3 is 6.09 Å². The summed E-state index contributed by atoms with van der Waals surface area (Å²) in [5.74, 6) is 0.572. The molecule has 2 atom stereocenters. The Bertz CT molecular complexity index is 1800. The Morgan fingerprint density at radius 1 is 1.09 bits per heavy atom. The van der Waals surface area contributed by atoms with Crippen LogP contribution in [0.25, 0.3) is 33.1 Å². The molecule has 2 unspecified atom stereocenters. The molecule has 236 valence electrons. The van der Waals surface area contributed by atoms with Crippen LogP contribution in [0.1, 0.15) is 27.2 Å². The van der Waals surface area contributed by atoms with Crippen molar-refractivity contribution in [3.8, 4) is 11.1 Å². The fourth-order valence-electron chi connectivity index (χ4n) is 6.20. The van der Waals surface area contributed by atoms with E-state index in [9.17, 15) is 9.59 Å². The lowest BCUT2D eigenvalue weighted by molar-refractivity contribution is -0.0382. The standard InChI is InChI=1S/C31H42ClN7O4Si/c1-31(2,3)43-30(41)39-19-13-20(39)15-37(14-19)29-33-27-25(28(40)36(29)5)22(17-38(27)18-42-11-12-44(6,7)8)21-9-10-24-23(26(21)32)16-35(4)34-24/h9-10,16-17,19-20H,11-15,18H2,1-8H3. The second kappa shape index (κ2) is 10.9. The first-order valence-corrected chi connectivity index (χ1v) is 19.3. The predicted molar refractivity (Wildman–Crippen MR) is 176 cm³/mol. The third-order valence-corrected chi connectivity index (χ3v) is 10.5. The van der Waals surface area contributed by atoms with Gasteiger partial charge in [0.2, 0.25) is 5.95 Å². The van der Waals surface area contributed by atoms with Crippen LogP contribution in [-0.4, -0.2) is 80.3 Å². The van der Waals surface area contributed by atoms with E-state index in [0.29, 0.717) is 47.3 Å². The summed E-state index contributed by atoms with van der Waals surface area (Å²) in [6.07, 6.45) is 4.44. The minimum absolute atomic E-state index is 0.00783. The SMILES string of the molecule is Cn1cc2c(Cl)c(-c3cn(COCC[Si](C)(C)C)c4nc(N5CC6CC(C5)N6C(=O)OC(C)(C)C)n(C)c(=O)c34)ccc2n1. The Kier molecular flexibility index (Phi) is 7.61. The number of benzene rings is 1. The quantitative estimate of drug-likeness (QED) is 0.196. The maximum atomic E-state index is 14.2. The zero-order valence-corrected chi connectivity index (χ0v) is 28.6. The van der Waals surface area contributed by atoms with Crippen molar-refractivity contribution in [2.75, 3.05) is 24.6 Å². The van der Waals surface area contributed by atoms with Gasteiger partial charge in [-0.15, -0.1) is 0 Å². The van der Waals surface area contributed by atoms with Gasteiger partial charge in [-0.1, -0.05) is 37.3 Å². The highest BCUT2D eigenvalue weighted by Gasteiger charge is 2.49. The average Bonchev–Trinajstić information content (AvgIpc) is 3.47. The van der Waals surface area contributed by atoms with E-state index >= 15 is 0 Å². The molecule has 0 aliphatic carbocycles. The molecule has 1 amide bonds. The first kappa shape index (κ1) is 30.7. The summed E-state index contributed by atoms with van der Waals surface area (Å²) in [6.45, 7) is 14.6. The van der Waals surface area contributed by atoms with Gasteiger partial charge in [-0.3, -0.25) is 18.9 Å². The summed E-state index contributed by atoms with van der Waals surface area (Å²) in [4.78, 5) is 36.1. The molecule has 7 rings (SSSR count). The van der Waals surface area contributed by atoms with E-state index in [1.165, 1.54) is 0 Å². The molecule has 3 fully saturated rings. The third kappa shape index (κ3) is 5.63. The van der Waals surface area contributed by atoms with Gasteiger partial charge in [-0.05, 0) is 39.3 Å². The molecule has 11 nitrogen and oxygen atoms in total. The lowest BCUT2D eigenvalue weighted by atomic mass is 9.88. The zero-order chi connectivity index (χ0) is 31.7. The number of aryl methyl sites for hydroxylation is 1. The lowest BCUT2D eigenvalue weighted by Crippen LogP contribution is -2.71. The van der Waals surface area contributed by atoms with Crippen molar-refractivity contribution < 1.29 is 14.3 Å². The van der Waals surface area contributed by atoms with Gasteiger partial charge in [-0.25, -0.2) is 4.79 Å². The van der Waals surface area contributed by atoms with Crippen LogP contribution >= 0.6 is 11.6 Å². The third-order valence-electron chi connectivity index (χ3n) is 8.41. The molecular weight excluding hydrogens is 598 g/mol. The number of ether oxygens (including phenoxy) is 2. The molecular formula is C31H42ClN7O4Si. The maximum Gasteiger partial charge on any atom is 0.410 e. The zero-order valence-electron chi connectivity index (χ0n) is 26.8. The van der Waals surface area contributed by atoms with Crippen molar-refractivity contribution in [3.63, 3.8) is 0 Å². The molecule has 1 aromatic carbocycles. The molecule has 6 heterocycles. The number of hydrogen-bond donors (Lipinski definition) is 0. The van der Waals surface area contributed by atoms with Crippen LogP contribution in [0.2, 0.25) is 30.7 Å². The molecule has 13 heteroatoms. The number of anilines is 1. The number of amides is 1. The van der Waals surface area contributed by atoms with Gasteiger partial charge < -0.3 is 18.9 Å². The lowest BCUT2D eigenvalue weighted by Gasteiger charge is -2.55. The van der Waals surface area contributed by atoms with Gasteiger partial charge in [0.05, 0.1) is 28.0 Å². The number of nitrogens with zero attached hydrogens (tertiary/aromatic N) is 7. The number of piperidine rings is 1. The van der Waals surface area contributed by atoms with Crippen molar-refractivity contribution >= 4 is 53.7 Å². The molecule has 3 aromatic heterocycles. The second-order valence-electron chi connectivity index (χ2n) is 14.3. The normalized spacial score (nSPS) is 18.8. The van der Waals surface area contributed by atoms with Gasteiger partial charge in [-0.2, -0.15) is 10.1 Å². The van der Waals surface area contributed by atoms with Crippen LogP contribution in [0.4, 0.5) is 10.7 Å². The van der Waals surface area contributed by atoms with Gasteiger partial charge in [0.25, 0.3) is 5.56 Å². The minimum Gasteiger partial charge on any atom is -0.444 e. The highest BCUT2D eigenvalue weighted by molar-refractivity contribution is 6.76. The number of halogens is 1. The fraction of sp³-hybridized carbons (Fsp3) is 0.548. The molecule has 0 radical (unpaired) electrons. The molecule has 3 aliphatic rings. The van der Waals surface area contributed by atoms with E-state index in [4.69, 9.17) is 26.1 Å². The number of carbonyl (C=O) groups is 1. The van der Waals surface area contributed by atoms with Crippen molar-refractivity contribution in [2.24, 2.45) is 14.1 Å². The smallest absolute Gasteiger partial charge is 0.410 e. The largest absolute Gasteiger partial charge is 0.444 e. The van der Waals surface area contributed by atoms with Crippen molar-refractivity contribution in [1.29, 1.82) is 0 Å². The van der Waals surface area contributed by atoms with E-state index in [1.807, 2.05) is 61.8 Å². The summed E-state index contributed by atoms with van der Waals surface area (Å²) in [7, 11) is 2.34. The summed E-state index contributed by atoms with van der Waals surface area (Å²) in [5, 5.41) is 6.33. The molecule has 44 heavy (non-hydrogen) atoms. The Morgan fingerprint density at radius 2 is 1.80 bits per heavy atom. The number of piperazine rings is 1. The van der Waals surface area contributed by atoms with E-state index in [1.54, 1.807) is 16.3 Å². The molecule has 3 saturated heterocycles. The number of carbonyl (C=O) groups excluding carboxylic acids is 1. The molecule has 0 N–H and O–H groups in total. The summed E-state index contributed by atoms with van der Waals surface area (Å²) in [6, 6.07) is 4.89. The van der Waals surface area contributed by atoms with Crippen LogP contribution in [-0.2, 0) is 30.3 Å². The van der Waals surface area contributed by atoms with Gasteiger partial charge in [0.15, 0.2) is 5.65 Å². The van der Waals surface area contributed by atoms with Crippen LogP contribution in [0.5, 0.6) is 0 Å². The summed E-state index contributed by atoms with van der Waals surface area (Å²) < 4.78 is 17.1. The fourth-order valence-corrected chi connectivity index (χ4v) is 7.27. The molecule has 0 spiro atoms. The topological polar surface area (TPSA) is 99.6 Å². The minimum atomic E-state index is -1.28. The highest BCUT2D eigenvalue weighted by atomic mass is 35.5. The van der Waals surface area contributed by atoms with Gasteiger partial charge in [0, 0.05) is 70.8 Å². The van der Waals surface area contributed by atoms with Crippen molar-refractivity contribution in [2.45, 2.75) is 77.3 Å². The van der Waals surface area contributed by atoms with Crippen LogP contribution < -0.4 is 10.5 Å². The molecule has 2 bridgehead atoms. The number of rotatable bonds is 7. The number of fused-ring (bicyclic) bond motifs is 4. The Morgan fingerprint density at radius 3 is 2.45 bits per heavy atom. The predicted octanol–water partition coefficient (Wildman–Crippen LogP) is 5.45. The Labute approximate surface area is 263 Å². The van der Waals surface area contributed by atoms with Crippen LogP contribution in [0.3, 0.4) is 0 Å². The Balaban J connectivity index is 1.38. The first-order valence-electron chi connectivity index (χ1n) is 15.2. The second-order valence-corrected chi connectivity index (χ2v) is 20.3.